The lowest BCUT2D eigenvalue weighted by Crippen LogP contribution is -2.23. The Bertz CT molecular complexity index is 1080. The normalized spacial score (nSPS) is 16.2. The number of carbonyl (C=O) groups is 2. The number of fused-ring (bicyclic) bond motifs is 1. The zero-order valence-corrected chi connectivity index (χ0v) is 16.3. The molecule has 0 radical (unpaired) electrons. The maximum atomic E-state index is 12.8. The van der Waals surface area contributed by atoms with Crippen LogP contribution in [-0.4, -0.2) is 11.9 Å². The molecule has 0 aliphatic heterocycles. The fourth-order valence-electron chi connectivity index (χ4n) is 3.68. The summed E-state index contributed by atoms with van der Waals surface area (Å²) < 4.78 is 11.5. The maximum absolute atomic E-state index is 12.8. The van der Waals surface area contributed by atoms with Gasteiger partial charge in [0, 0.05) is 0 Å². The Balaban J connectivity index is 1.66. The summed E-state index contributed by atoms with van der Waals surface area (Å²) in [6.07, 6.45) is 4.88. The molecular formula is C25H22O4. The summed E-state index contributed by atoms with van der Waals surface area (Å²) in [4.78, 5) is 25.3. The molecule has 29 heavy (non-hydrogen) atoms. The van der Waals surface area contributed by atoms with Gasteiger partial charge in [0.05, 0.1) is 16.9 Å². The van der Waals surface area contributed by atoms with Gasteiger partial charge >= 0.3 is 11.9 Å². The SMILES string of the molecule is CC1=CCCCC1C(=O)Oc1cccc2cccc(OC(=O)c3ccccc3)c12. The highest BCUT2D eigenvalue weighted by Crippen LogP contribution is 2.36. The Hall–Kier alpha value is -3.40. The van der Waals surface area contributed by atoms with Crippen LogP contribution in [0.1, 0.15) is 36.5 Å². The Kier molecular flexibility index (Phi) is 5.43. The van der Waals surface area contributed by atoms with E-state index in [1.54, 1.807) is 36.4 Å². The van der Waals surface area contributed by atoms with E-state index in [0.717, 1.165) is 30.2 Å². The summed E-state index contributed by atoms with van der Waals surface area (Å²) in [6, 6.07) is 19.7. The second-order valence-electron chi connectivity index (χ2n) is 7.22. The van der Waals surface area contributed by atoms with Crippen LogP contribution in [0.3, 0.4) is 0 Å². The average molecular weight is 386 g/mol. The van der Waals surface area contributed by atoms with Crippen molar-refractivity contribution in [2.75, 3.05) is 0 Å². The van der Waals surface area contributed by atoms with Gasteiger partial charge in [0.1, 0.15) is 11.5 Å². The van der Waals surface area contributed by atoms with Gasteiger partial charge in [-0.25, -0.2) is 4.79 Å². The minimum absolute atomic E-state index is 0.224. The minimum Gasteiger partial charge on any atom is -0.425 e. The van der Waals surface area contributed by atoms with Crippen LogP contribution in [0.4, 0.5) is 0 Å². The number of allylic oxidation sites excluding steroid dienone is 1. The van der Waals surface area contributed by atoms with Crippen molar-refractivity contribution < 1.29 is 19.1 Å². The summed E-state index contributed by atoms with van der Waals surface area (Å²) in [5.74, 6) is -0.170. The van der Waals surface area contributed by atoms with E-state index in [2.05, 4.69) is 6.08 Å². The number of benzene rings is 3. The fraction of sp³-hybridized carbons (Fsp3) is 0.200. The predicted octanol–water partition coefficient (Wildman–Crippen LogP) is 5.71. The first-order valence-corrected chi connectivity index (χ1v) is 9.81. The van der Waals surface area contributed by atoms with Crippen molar-refractivity contribution in [3.8, 4) is 11.5 Å². The highest BCUT2D eigenvalue weighted by molar-refractivity contribution is 5.99. The molecule has 3 aromatic rings. The van der Waals surface area contributed by atoms with E-state index in [-0.39, 0.29) is 11.9 Å². The summed E-state index contributed by atoms with van der Waals surface area (Å²) >= 11 is 0. The third-order valence-electron chi connectivity index (χ3n) is 5.25. The van der Waals surface area contributed by atoms with E-state index in [0.29, 0.717) is 22.4 Å². The average Bonchev–Trinajstić information content (AvgIpc) is 2.75. The third kappa shape index (κ3) is 4.06. The van der Waals surface area contributed by atoms with Gasteiger partial charge < -0.3 is 9.47 Å². The van der Waals surface area contributed by atoms with Crippen molar-refractivity contribution in [1.82, 2.24) is 0 Å². The Morgan fingerprint density at radius 2 is 1.55 bits per heavy atom. The molecule has 1 unspecified atom stereocenters. The van der Waals surface area contributed by atoms with Crippen molar-refractivity contribution in [1.29, 1.82) is 0 Å². The largest absolute Gasteiger partial charge is 0.425 e. The molecule has 0 amide bonds. The van der Waals surface area contributed by atoms with Gasteiger partial charge in [0.15, 0.2) is 0 Å². The van der Waals surface area contributed by atoms with Crippen molar-refractivity contribution in [2.45, 2.75) is 26.2 Å². The molecule has 3 aromatic carbocycles. The molecule has 146 valence electrons. The molecule has 4 heteroatoms. The van der Waals surface area contributed by atoms with Crippen LogP contribution < -0.4 is 9.47 Å². The molecule has 0 heterocycles. The summed E-state index contributed by atoms with van der Waals surface area (Å²) in [5, 5.41) is 1.45. The molecule has 1 atom stereocenters. The van der Waals surface area contributed by atoms with E-state index < -0.39 is 5.97 Å². The molecule has 1 aliphatic carbocycles. The van der Waals surface area contributed by atoms with Crippen LogP contribution in [0.5, 0.6) is 11.5 Å². The molecule has 0 N–H and O–H groups in total. The van der Waals surface area contributed by atoms with E-state index in [4.69, 9.17) is 9.47 Å². The fourth-order valence-corrected chi connectivity index (χ4v) is 3.68. The lowest BCUT2D eigenvalue weighted by molar-refractivity contribution is -0.137. The van der Waals surface area contributed by atoms with Crippen LogP contribution in [0.2, 0.25) is 0 Å². The zero-order valence-electron chi connectivity index (χ0n) is 16.3. The molecule has 0 bridgehead atoms. The first-order valence-electron chi connectivity index (χ1n) is 9.81. The zero-order chi connectivity index (χ0) is 20.2. The van der Waals surface area contributed by atoms with E-state index in [9.17, 15) is 9.59 Å². The van der Waals surface area contributed by atoms with Crippen LogP contribution in [0.25, 0.3) is 10.8 Å². The Morgan fingerprint density at radius 3 is 2.24 bits per heavy atom. The quantitative estimate of drug-likeness (QED) is 0.327. The van der Waals surface area contributed by atoms with Gasteiger partial charge in [-0.1, -0.05) is 54.1 Å². The Labute approximate surface area is 169 Å². The Morgan fingerprint density at radius 1 is 0.862 bits per heavy atom. The van der Waals surface area contributed by atoms with Gasteiger partial charge in [-0.15, -0.1) is 0 Å². The standard InChI is InChI=1S/C25H22O4/c1-17-9-5-6-14-20(17)25(27)29-22-16-8-13-18-12-7-15-21(23(18)22)28-24(26)19-10-3-2-4-11-19/h2-4,7-13,15-16,20H,5-6,14H2,1H3. The van der Waals surface area contributed by atoms with Gasteiger partial charge in [-0.05, 0) is 55.8 Å². The highest BCUT2D eigenvalue weighted by Gasteiger charge is 2.25. The van der Waals surface area contributed by atoms with Gasteiger partial charge in [-0.3, -0.25) is 4.79 Å². The molecule has 0 fully saturated rings. The topological polar surface area (TPSA) is 52.6 Å². The minimum atomic E-state index is -0.453. The van der Waals surface area contributed by atoms with Crippen LogP contribution in [-0.2, 0) is 4.79 Å². The van der Waals surface area contributed by atoms with E-state index in [1.165, 1.54) is 0 Å². The lowest BCUT2D eigenvalue weighted by atomic mass is 9.89. The molecule has 0 saturated carbocycles. The van der Waals surface area contributed by atoms with Crippen LogP contribution in [0.15, 0.2) is 78.4 Å². The second-order valence-corrected chi connectivity index (χ2v) is 7.22. The monoisotopic (exact) mass is 386 g/mol. The van der Waals surface area contributed by atoms with Gasteiger partial charge in [0.25, 0.3) is 0 Å². The number of esters is 2. The summed E-state index contributed by atoms with van der Waals surface area (Å²) in [6.45, 7) is 1.97. The number of hydrogen-bond acceptors (Lipinski definition) is 4. The summed E-state index contributed by atoms with van der Waals surface area (Å²) in [7, 11) is 0. The highest BCUT2D eigenvalue weighted by atomic mass is 16.5. The molecule has 4 rings (SSSR count). The van der Waals surface area contributed by atoms with E-state index >= 15 is 0 Å². The number of hydrogen-bond donors (Lipinski definition) is 0. The van der Waals surface area contributed by atoms with Crippen molar-refractivity contribution in [3.63, 3.8) is 0 Å². The molecular weight excluding hydrogens is 364 g/mol. The van der Waals surface area contributed by atoms with Gasteiger partial charge in [-0.2, -0.15) is 0 Å². The van der Waals surface area contributed by atoms with Crippen molar-refractivity contribution in [3.05, 3.63) is 83.9 Å². The molecule has 4 nitrogen and oxygen atoms in total. The number of ether oxygens (including phenoxy) is 2. The lowest BCUT2D eigenvalue weighted by Gasteiger charge is -2.20. The molecule has 0 saturated heterocycles. The predicted molar refractivity (Wildman–Crippen MR) is 112 cm³/mol. The summed E-state index contributed by atoms with van der Waals surface area (Å²) in [5.41, 5.74) is 1.51. The second kappa shape index (κ2) is 8.31. The van der Waals surface area contributed by atoms with E-state index in [1.807, 2.05) is 37.3 Å². The molecule has 0 aromatic heterocycles. The van der Waals surface area contributed by atoms with Crippen molar-refractivity contribution in [2.24, 2.45) is 5.92 Å². The third-order valence-corrected chi connectivity index (χ3v) is 5.25. The van der Waals surface area contributed by atoms with Gasteiger partial charge in [0.2, 0.25) is 0 Å². The molecule has 0 spiro atoms. The number of rotatable bonds is 4. The first kappa shape index (κ1) is 18.9. The number of carbonyl (C=O) groups excluding carboxylic acids is 2. The van der Waals surface area contributed by atoms with Crippen molar-refractivity contribution >= 4 is 22.7 Å². The smallest absolute Gasteiger partial charge is 0.343 e. The first-order chi connectivity index (χ1) is 14.1. The van der Waals surface area contributed by atoms with Crippen LogP contribution in [0, 0.1) is 5.92 Å². The maximum Gasteiger partial charge on any atom is 0.343 e. The van der Waals surface area contributed by atoms with Crippen LogP contribution >= 0.6 is 0 Å². The molecule has 1 aliphatic rings.